The highest BCUT2D eigenvalue weighted by molar-refractivity contribution is 5.81. The first kappa shape index (κ1) is 15.9. The summed E-state index contributed by atoms with van der Waals surface area (Å²) in [5.74, 6) is -0.881. The predicted molar refractivity (Wildman–Crippen MR) is 87.5 cm³/mol. The number of alkyl halides is 3. The lowest BCUT2D eigenvalue weighted by Gasteiger charge is -2.16. The standard InChI is InChI=1S/C18H16F3N3O/c19-18(20,21)17-23-14-7-3-4-8-15(14)24(17)10-12-9-11-5-1-2-6-13(11)16(25)22-12/h1-2,5-6,9H,3-4,7-8,10H2,(H,22,25). The van der Waals surface area contributed by atoms with Crippen molar-refractivity contribution in [3.8, 4) is 0 Å². The van der Waals surface area contributed by atoms with Gasteiger partial charge in [0.15, 0.2) is 0 Å². The Kier molecular flexibility index (Phi) is 3.67. The number of fused-ring (bicyclic) bond motifs is 2. The van der Waals surface area contributed by atoms with Gasteiger partial charge in [-0.15, -0.1) is 0 Å². The number of nitrogens with zero attached hydrogens (tertiary/aromatic N) is 2. The minimum absolute atomic E-state index is 0.0444. The molecule has 4 nitrogen and oxygen atoms in total. The smallest absolute Gasteiger partial charge is 0.324 e. The molecule has 7 heteroatoms. The number of aromatic nitrogens is 3. The van der Waals surface area contributed by atoms with Crippen LogP contribution < -0.4 is 5.56 Å². The molecule has 1 aromatic carbocycles. The number of H-pyrrole nitrogens is 1. The molecule has 0 amide bonds. The van der Waals surface area contributed by atoms with E-state index in [0.29, 0.717) is 40.7 Å². The highest BCUT2D eigenvalue weighted by Gasteiger charge is 2.39. The number of aromatic amines is 1. The van der Waals surface area contributed by atoms with Crippen molar-refractivity contribution in [2.45, 2.75) is 38.4 Å². The van der Waals surface area contributed by atoms with Gasteiger partial charge in [0.2, 0.25) is 5.82 Å². The molecular weight excluding hydrogens is 331 g/mol. The van der Waals surface area contributed by atoms with Crippen LogP contribution in [0.1, 0.15) is 35.7 Å². The number of benzene rings is 1. The van der Waals surface area contributed by atoms with Crippen molar-refractivity contribution in [2.75, 3.05) is 0 Å². The Balaban J connectivity index is 1.83. The minimum Gasteiger partial charge on any atom is -0.324 e. The molecule has 25 heavy (non-hydrogen) atoms. The van der Waals surface area contributed by atoms with E-state index in [1.54, 1.807) is 30.3 Å². The van der Waals surface area contributed by atoms with E-state index >= 15 is 0 Å². The van der Waals surface area contributed by atoms with Crippen molar-refractivity contribution < 1.29 is 13.2 Å². The van der Waals surface area contributed by atoms with Gasteiger partial charge in [0.25, 0.3) is 5.56 Å². The molecule has 1 aliphatic rings. The Morgan fingerprint density at radius 1 is 1.16 bits per heavy atom. The third-order valence-corrected chi connectivity index (χ3v) is 4.62. The quantitative estimate of drug-likeness (QED) is 0.769. The maximum atomic E-state index is 13.4. The van der Waals surface area contributed by atoms with Crippen molar-refractivity contribution in [1.29, 1.82) is 0 Å². The molecule has 0 saturated carbocycles. The molecule has 0 fully saturated rings. The van der Waals surface area contributed by atoms with Crippen molar-refractivity contribution in [1.82, 2.24) is 14.5 Å². The van der Waals surface area contributed by atoms with Gasteiger partial charge < -0.3 is 9.55 Å². The number of pyridine rings is 1. The summed E-state index contributed by atoms with van der Waals surface area (Å²) in [7, 11) is 0. The van der Waals surface area contributed by atoms with Gasteiger partial charge in [-0.1, -0.05) is 18.2 Å². The fourth-order valence-electron chi connectivity index (χ4n) is 3.51. The maximum absolute atomic E-state index is 13.4. The van der Waals surface area contributed by atoms with Crippen molar-refractivity contribution in [3.63, 3.8) is 0 Å². The Hall–Kier alpha value is -2.57. The third kappa shape index (κ3) is 2.83. The zero-order chi connectivity index (χ0) is 17.6. The average molecular weight is 347 g/mol. The lowest BCUT2D eigenvalue weighted by Crippen LogP contribution is -2.19. The van der Waals surface area contributed by atoms with Gasteiger partial charge in [0, 0.05) is 16.8 Å². The first-order chi connectivity index (χ1) is 11.9. The fraction of sp³-hybridized carbons (Fsp3) is 0.333. The predicted octanol–water partition coefficient (Wildman–Crippen LogP) is 3.67. The zero-order valence-electron chi connectivity index (χ0n) is 13.4. The van der Waals surface area contributed by atoms with Crippen LogP contribution in [-0.4, -0.2) is 14.5 Å². The van der Waals surface area contributed by atoms with E-state index in [1.807, 2.05) is 0 Å². The zero-order valence-corrected chi connectivity index (χ0v) is 13.4. The molecule has 3 aromatic rings. The summed E-state index contributed by atoms with van der Waals surface area (Å²) in [6, 6.07) is 8.75. The van der Waals surface area contributed by atoms with Crippen LogP contribution >= 0.6 is 0 Å². The summed E-state index contributed by atoms with van der Waals surface area (Å²) < 4.78 is 41.5. The second-order valence-electron chi connectivity index (χ2n) is 6.33. The molecule has 0 bridgehead atoms. The summed E-state index contributed by atoms with van der Waals surface area (Å²) in [6.45, 7) is -0.0444. The molecule has 0 atom stereocenters. The van der Waals surface area contributed by atoms with Crippen molar-refractivity contribution >= 4 is 10.8 Å². The van der Waals surface area contributed by atoms with Crippen LogP contribution in [0.4, 0.5) is 13.2 Å². The molecule has 2 aromatic heterocycles. The van der Waals surface area contributed by atoms with E-state index in [-0.39, 0.29) is 12.1 Å². The fourth-order valence-corrected chi connectivity index (χ4v) is 3.51. The van der Waals surface area contributed by atoms with Gasteiger partial charge in [-0.25, -0.2) is 4.98 Å². The van der Waals surface area contributed by atoms with E-state index in [1.165, 1.54) is 4.57 Å². The van der Waals surface area contributed by atoms with Gasteiger partial charge in [0.1, 0.15) is 0 Å². The summed E-state index contributed by atoms with van der Waals surface area (Å²) >= 11 is 0. The Morgan fingerprint density at radius 3 is 2.72 bits per heavy atom. The van der Waals surface area contributed by atoms with E-state index in [9.17, 15) is 18.0 Å². The van der Waals surface area contributed by atoms with E-state index in [0.717, 1.165) is 12.8 Å². The molecule has 2 heterocycles. The highest BCUT2D eigenvalue weighted by atomic mass is 19.4. The average Bonchev–Trinajstić information content (AvgIpc) is 2.94. The van der Waals surface area contributed by atoms with Gasteiger partial charge in [-0.05, 0) is 43.2 Å². The highest BCUT2D eigenvalue weighted by Crippen LogP contribution is 2.33. The number of aryl methyl sites for hydroxylation is 1. The van der Waals surface area contributed by atoms with Crippen LogP contribution in [0.2, 0.25) is 0 Å². The molecule has 130 valence electrons. The number of halogens is 3. The normalized spacial score (nSPS) is 14.7. The SMILES string of the molecule is O=c1[nH]c(Cn2c(C(F)(F)F)nc3c2CCCC3)cc2ccccc12. The summed E-state index contributed by atoms with van der Waals surface area (Å²) in [4.78, 5) is 18.7. The molecule has 0 aliphatic heterocycles. The van der Waals surface area contributed by atoms with Crippen molar-refractivity contribution in [2.24, 2.45) is 0 Å². The molecule has 0 unspecified atom stereocenters. The van der Waals surface area contributed by atoms with Gasteiger partial charge in [-0.2, -0.15) is 13.2 Å². The molecule has 0 spiro atoms. The third-order valence-electron chi connectivity index (χ3n) is 4.62. The Bertz CT molecular complexity index is 1000. The first-order valence-electron chi connectivity index (χ1n) is 8.20. The number of nitrogens with one attached hydrogen (secondary N) is 1. The molecule has 1 N–H and O–H groups in total. The lowest BCUT2D eigenvalue weighted by atomic mass is 10.0. The van der Waals surface area contributed by atoms with E-state index in [2.05, 4.69) is 9.97 Å². The summed E-state index contributed by atoms with van der Waals surface area (Å²) in [5.41, 5.74) is 1.31. The topological polar surface area (TPSA) is 50.7 Å². The largest absolute Gasteiger partial charge is 0.449 e. The van der Waals surface area contributed by atoms with Crippen molar-refractivity contribution in [3.05, 3.63) is 63.6 Å². The second-order valence-corrected chi connectivity index (χ2v) is 6.33. The Labute approximate surface area is 141 Å². The molecule has 0 radical (unpaired) electrons. The van der Waals surface area contributed by atoms with Gasteiger partial charge in [-0.3, -0.25) is 4.79 Å². The van der Waals surface area contributed by atoms with E-state index in [4.69, 9.17) is 0 Å². The molecule has 1 aliphatic carbocycles. The summed E-state index contributed by atoms with van der Waals surface area (Å²) in [6.07, 6.45) is -1.66. The number of hydrogen-bond acceptors (Lipinski definition) is 2. The minimum atomic E-state index is -4.52. The van der Waals surface area contributed by atoms with Crippen LogP contribution in [0.3, 0.4) is 0 Å². The van der Waals surface area contributed by atoms with Gasteiger partial charge in [0.05, 0.1) is 12.2 Å². The van der Waals surface area contributed by atoms with Crippen LogP contribution in [0.15, 0.2) is 35.1 Å². The number of rotatable bonds is 2. The Morgan fingerprint density at radius 2 is 1.92 bits per heavy atom. The van der Waals surface area contributed by atoms with Crippen LogP contribution in [0, 0.1) is 0 Å². The first-order valence-corrected chi connectivity index (χ1v) is 8.20. The second kappa shape index (κ2) is 5.75. The molecule has 4 rings (SSSR count). The van der Waals surface area contributed by atoms with Crippen LogP contribution in [0.5, 0.6) is 0 Å². The lowest BCUT2D eigenvalue weighted by molar-refractivity contribution is -0.147. The monoisotopic (exact) mass is 347 g/mol. The number of imidazole rings is 1. The molecule has 0 saturated heterocycles. The summed E-state index contributed by atoms with van der Waals surface area (Å²) in [5, 5.41) is 1.23. The van der Waals surface area contributed by atoms with Crippen LogP contribution in [0.25, 0.3) is 10.8 Å². The van der Waals surface area contributed by atoms with Gasteiger partial charge >= 0.3 is 6.18 Å². The molecular formula is C18H16F3N3O. The maximum Gasteiger partial charge on any atom is 0.449 e. The van der Waals surface area contributed by atoms with E-state index < -0.39 is 12.0 Å². The number of hydrogen-bond donors (Lipinski definition) is 1. The van der Waals surface area contributed by atoms with Crippen LogP contribution in [-0.2, 0) is 25.6 Å².